The standard InChI is InChI=1S/C12H23N3.C2H6/c1-14-7-10-6-11(8-14)12(10)9-15-4-2-13-3-5-15;1-2/h10-13H,2-9H2,1H3;1-2H3. The highest BCUT2D eigenvalue weighted by Crippen LogP contribution is 2.45. The van der Waals surface area contributed by atoms with Crippen LogP contribution in [0.3, 0.4) is 0 Å². The fourth-order valence-electron chi connectivity index (χ4n) is 3.71. The van der Waals surface area contributed by atoms with Gasteiger partial charge in [0.25, 0.3) is 0 Å². The zero-order chi connectivity index (χ0) is 12.3. The third-order valence-electron chi connectivity index (χ3n) is 4.59. The molecule has 1 aliphatic carbocycles. The molecule has 3 aliphatic heterocycles. The molecule has 2 unspecified atom stereocenters. The zero-order valence-corrected chi connectivity index (χ0v) is 11.8. The molecule has 4 rings (SSSR count). The molecule has 0 aromatic heterocycles. The van der Waals surface area contributed by atoms with Crippen LogP contribution in [0.4, 0.5) is 0 Å². The van der Waals surface area contributed by atoms with E-state index in [0.717, 1.165) is 17.8 Å². The summed E-state index contributed by atoms with van der Waals surface area (Å²) in [6, 6.07) is 0. The molecule has 1 N–H and O–H groups in total. The Kier molecular flexibility index (Phi) is 4.83. The molecule has 17 heavy (non-hydrogen) atoms. The van der Waals surface area contributed by atoms with E-state index >= 15 is 0 Å². The first-order valence-corrected chi connectivity index (χ1v) is 7.44. The van der Waals surface area contributed by atoms with Gasteiger partial charge in [-0.3, -0.25) is 0 Å². The minimum Gasteiger partial charge on any atom is -0.314 e. The summed E-state index contributed by atoms with van der Waals surface area (Å²) in [5, 5.41) is 3.43. The van der Waals surface area contributed by atoms with Crippen LogP contribution in [0, 0.1) is 17.8 Å². The van der Waals surface area contributed by atoms with Gasteiger partial charge in [0, 0.05) is 45.8 Å². The minimum absolute atomic E-state index is 1.02. The van der Waals surface area contributed by atoms with Crippen LogP contribution in [0.1, 0.15) is 20.3 Å². The Morgan fingerprint density at radius 2 is 1.65 bits per heavy atom. The van der Waals surface area contributed by atoms with Crippen LogP contribution in [-0.4, -0.2) is 62.7 Å². The van der Waals surface area contributed by atoms with Gasteiger partial charge in [0.2, 0.25) is 0 Å². The van der Waals surface area contributed by atoms with Crippen molar-refractivity contribution in [3.63, 3.8) is 0 Å². The van der Waals surface area contributed by atoms with Crippen molar-refractivity contribution in [3.8, 4) is 0 Å². The van der Waals surface area contributed by atoms with Gasteiger partial charge in [0.05, 0.1) is 0 Å². The molecule has 3 heteroatoms. The second-order valence-electron chi connectivity index (χ2n) is 5.69. The van der Waals surface area contributed by atoms with E-state index < -0.39 is 0 Å². The van der Waals surface area contributed by atoms with Crippen molar-refractivity contribution >= 4 is 0 Å². The van der Waals surface area contributed by atoms with Gasteiger partial charge >= 0.3 is 0 Å². The number of piperidine rings is 2. The quantitative estimate of drug-likeness (QED) is 0.779. The number of hydrogen-bond acceptors (Lipinski definition) is 3. The molecule has 3 nitrogen and oxygen atoms in total. The number of nitrogens with one attached hydrogen (secondary N) is 1. The largest absolute Gasteiger partial charge is 0.314 e. The molecular weight excluding hydrogens is 210 g/mol. The van der Waals surface area contributed by atoms with Crippen molar-refractivity contribution in [3.05, 3.63) is 0 Å². The van der Waals surface area contributed by atoms with Gasteiger partial charge in [0.1, 0.15) is 0 Å². The first-order chi connectivity index (χ1) is 8.33. The van der Waals surface area contributed by atoms with Gasteiger partial charge in [0.15, 0.2) is 0 Å². The Hall–Kier alpha value is -0.120. The van der Waals surface area contributed by atoms with Gasteiger partial charge in [-0.25, -0.2) is 0 Å². The molecule has 2 atom stereocenters. The monoisotopic (exact) mass is 239 g/mol. The topological polar surface area (TPSA) is 18.5 Å². The lowest BCUT2D eigenvalue weighted by Crippen LogP contribution is -2.58. The Morgan fingerprint density at radius 3 is 2.24 bits per heavy atom. The third kappa shape index (κ3) is 3.01. The van der Waals surface area contributed by atoms with E-state index in [1.54, 1.807) is 0 Å². The van der Waals surface area contributed by atoms with Crippen LogP contribution in [0.5, 0.6) is 0 Å². The zero-order valence-electron chi connectivity index (χ0n) is 11.8. The third-order valence-corrected chi connectivity index (χ3v) is 4.59. The van der Waals surface area contributed by atoms with Crippen LogP contribution in [0.15, 0.2) is 0 Å². The van der Waals surface area contributed by atoms with E-state index in [-0.39, 0.29) is 0 Å². The molecule has 0 aromatic carbocycles. The van der Waals surface area contributed by atoms with Crippen LogP contribution >= 0.6 is 0 Å². The lowest BCUT2D eigenvalue weighted by atomic mass is 9.61. The van der Waals surface area contributed by atoms with Crippen molar-refractivity contribution in [1.29, 1.82) is 0 Å². The number of piperazine rings is 1. The first kappa shape index (κ1) is 13.3. The van der Waals surface area contributed by atoms with E-state index in [0.29, 0.717) is 0 Å². The summed E-state index contributed by atoms with van der Waals surface area (Å²) in [5.41, 5.74) is 0. The van der Waals surface area contributed by atoms with Crippen LogP contribution < -0.4 is 5.32 Å². The van der Waals surface area contributed by atoms with Crippen molar-refractivity contribution < 1.29 is 0 Å². The van der Waals surface area contributed by atoms with Crippen LogP contribution in [-0.2, 0) is 0 Å². The molecule has 0 radical (unpaired) electrons. The fraction of sp³-hybridized carbons (Fsp3) is 1.00. The van der Waals surface area contributed by atoms with Gasteiger partial charge in [-0.1, -0.05) is 13.8 Å². The second kappa shape index (κ2) is 6.17. The van der Waals surface area contributed by atoms with Gasteiger partial charge in [-0.15, -0.1) is 0 Å². The van der Waals surface area contributed by atoms with Crippen molar-refractivity contribution in [2.24, 2.45) is 17.8 Å². The molecule has 4 aliphatic rings. The average Bonchev–Trinajstić information content (AvgIpc) is 2.39. The van der Waals surface area contributed by atoms with E-state index in [1.165, 1.54) is 52.2 Å². The number of fused-ring (bicyclic) bond motifs is 2. The SMILES string of the molecule is CC.CN1CC2CC(C1)C2CN1CCNCC1. The van der Waals surface area contributed by atoms with Crippen LogP contribution in [0.25, 0.3) is 0 Å². The first-order valence-electron chi connectivity index (χ1n) is 7.44. The maximum absolute atomic E-state index is 3.43. The maximum Gasteiger partial charge on any atom is 0.0107 e. The van der Waals surface area contributed by atoms with E-state index in [2.05, 4.69) is 22.2 Å². The predicted octanol–water partition coefficient (Wildman–Crippen LogP) is 1.12. The highest BCUT2D eigenvalue weighted by Gasteiger charge is 2.45. The smallest absolute Gasteiger partial charge is 0.0107 e. The van der Waals surface area contributed by atoms with Gasteiger partial charge in [-0.2, -0.15) is 0 Å². The Morgan fingerprint density at radius 1 is 1.06 bits per heavy atom. The lowest BCUT2D eigenvalue weighted by molar-refractivity contribution is -0.0496. The minimum atomic E-state index is 1.02. The summed E-state index contributed by atoms with van der Waals surface area (Å²) in [7, 11) is 2.28. The lowest BCUT2D eigenvalue weighted by Gasteiger charge is -2.54. The Labute approximate surface area is 107 Å². The summed E-state index contributed by atoms with van der Waals surface area (Å²) in [4.78, 5) is 5.19. The van der Waals surface area contributed by atoms with Crippen molar-refractivity contribution in [1.82, 2.24) is 15.1 Å². The average molecular weight is 239 g/mol. The molecule has 3 saturated heterocycles. The molecule has 3 heterocycles. The molecular formula is C14H29N3. The normalized spacial score (nSPS) is 37.9. The number of rotatable bonds is 2. The van der Waals surface area contributed by atoms with E-state index in [4.69, 9.17) is 0 Å². The maximum atomic E-state index is 3.43. The highest BCUT2D eigenvalue weighted by molar-refractivity contribution is 4.97. The molecule has 0 spiro atoms. The molecule has 1 saturated carbocycles. The number of nitrogens with zero attached hydrogens (tertiary/aromatic N) is 2. The molecule has 2 bridgehead atoms. The molecule has 4 fully saturated rings. The van der Waals surface area contributed by atoms with Crippen molar-refractivity contribution in [2.45, 2.75) is 20.3 Å². The Bertz CT molecular complexity index is 214. The van der Waals surface area contributed by atoms with E-state index in [9.17, 15) is 0 Å². The summed E-state index contributed by atoms with van der Waals surface area (Å²) in [6.45, 7) is 13.0. The molecule has 0 aromatic rings. The highest BCUT2D eigenvalue weighted by atomic mass is 15.2. The second-order valence-corrected chi connectivity index (χ2v) is 5.69. The van der Waals surface area contributed by atoms with E-state index in [1.807, 2.05) is 13.8 Å². The summed E-state index contributed by atoms with van der Waals surface area (Å²) < 4.78 is 0. The Balaban J connectivity index is 0.000000514. The summed E-state index contributed by atoms with van der Waals surface area (Å²) in [5.74, 6) is 3.06. The van der Waals surface area contributed by atoms with Gasteiger partial charge < -0.3 is 15.1 Å². The van der Waals surface area contributed by atoms with Crippen molar-refractivity contribution in [2.75, 3.05) is 52.9 Å². The molecule has 0 amide bonds. The summed E-state index contributed by atoms with van der Waals surface area (Å²) >= 11 is 0. The van der Waals surface area contributed by atoms with Gasteiger partial charge in [-0.05, 0) is 31.2 Å². The molecule has 100 valence electrons. The fourth-order valence-corrected chi connectivity index (χ4v) is 3.71. The predicted molar refractivity (Wildman–Crippen MR) is 73.2 cm³/mol. The number of hydrogen-bond donors (Lipinski definition) is 1. The van der Waals surface area contributed by atoms with Crippen LogP contribution in [0.2, 0.25) is 0 Å². The summed E-state index contributed by atoms with van der Waals surface area (Å²) in [6.07, 6.45) is 1.51.